The van der Waals surface area contributed by atoms with Crippen molar-refractivity contribution in [3.63, 3.8) is 0 Å². The van der Waals surface area contributed by atoms with Gasteiger partial charge in [0.05, 0.1) is 0 Å². The molecule has 0 spiro atoms. The van der Waals surface area contributed by atoms with Crippen molar-refractivity contribution in [2.75, 3.05) is 12.3 Å². The summed E-state index contributed by atoms with van der Waals surface area (Å²) in [6, 6.07) is 0. The van der Waals surface area contributed by atoms with Gasteiger partial charge in [-0.25, -0.2) is 0 Å². The molecular weight excluding hydrogens is 262 g/mol. The lowest BCUT2D eigenvalue weighted by atomic mass is 9.85. The van der Waals surface area contributed by atoms with Crippen LogP contribution < -0.4 is 0 Å². The summed E-state index contributed by atoms with van der Waals surface area (Å²) in [5, 5.41) is 0. The van der Waals surface area contributed by atoms with Gasteiger partial charge in [-0.15, -0.1) is 0 Å². The van der Waals surface area contributed by atoms with E-state index in [1.54, 1.807) is 0 Å². The molecule has 0 aromatic rings. The van der Waals surface area contributed by atoms with Crippen molar-refractivity contribution in [2.45, 2.75) is 44.7 Å². The number of rotatable bonds is 2. The minimum absolute atomic E-state index is 0.108. The molecule has 0 saturated carbocycles. The number of allylic oxidation sites excluding steroid dienone is 3. The molecule has 3 heterocycles. The Hall–Kier alpha value is -0.0600. The van der Waals surface area contributed by atoms with Gasteiger partial charge in [-0.1, -0.05) is 31.1 Å². The summed E-state index contributed by atoms with van der Waals surface area (Å²) in [5.74, 6) is 2.37. The van der Waals surface area contributed by atoms with Crippen molar-refractivity contribution in [3.05, 3.63) is 23.0 Å². The zero-order valence-electron chi connectivity index (χ0n) is 11.6. The maximum Gasteiger partial charge on any atom is 0.113 e. The van der Waals surface area contributed by atoms with Crippen LogP contribution in [0.5, 0.6) is 0 Å². The third-order valence-corrected chi connectivity index (χ3v) is 13.2. The van der Waals surface area contributed by atoms with Crippen molar-refractivity contribution >= 4 is 14.3 Å². The second kappa shape index (κ2) is 3.74. The van der Waals surface area contributed by atoms with Gasteiger partial charge in [0.2, 0.25) is 0 Å². The highest BCUT2D eigenvalue weighted by Crippen LogP contribution is 2.81. The molecule has 3 rings (SSSR count). The van der Waals surface area contributed by atoms with E-state index in [1.165, 1.54) is 11.1 Å². The van der Waals surface area contributed by atoms with Gasteiger partial charge in [0.25, 0.3) is 0 Å². The molecule has 4 heteroatoms. The third kappa shape index (κ3) is 1.27. The normalized spacial score (nSPS) is 53.3. The second-order valence-electron chi connectivity index (χ2n) is 6.08. The Kier molecular flexibility index (Phi) is 2.69. The number of fused-ring (bicyclic) bond motifs is 5. The molecule has 0 aliphatic carbocycles. The first kappa shape index (κ1) is 12.9. The molecule has 2 nitrogen and oxygen atoms in total. The molecule has 3 aliphatic rings. The molecule has 0 radical (unpaired) electrons. The van der Waals surface area contributed by atoms with E-state index >= 15 is 0 Å². The molecule has 0 aromatic carbocycles. The fourth-order valence-corrected chi connectivity index (χ4v) is 13.4. The molecule has 0 aromatic heterocycles. The SMILES string of the molecule is CCP1(=O)C=C(C)[C@@H]2[C@H]1[C@@H]1C=C(C)[C@H]2P1(=O)CC. The summed E-state index contributed by atoms with van der Waals surface area (Å²) < 4.78 is 26.4. The van der Waals surface area contributed by atoms with E-state index in [-0.39, 0.29) is 17.0 Å². The van der Waals surface area contributed by atoms with Crippen molar-refractivity contribution in [2.24, 2.45) is 5.92 Å². The standard InChI is InChI=1S/C14H22O2P2/c1-5-17(15)8-10(4)12-13-9(3)7-11(14(12)17)18(13,16)6-2/h7-8,11-14H,5-6H2,1-4H3/t11-,12-,13+,14+,17?,18?/m0/s1. The van der Waals surface area contributed by atoms with E-state index in [2.05, 4.69) is 19.9 Å². The van der Waals surface area contributed by atoms with E-state index in [0.29, 0.717) is 5.92 Å². The van der Waals surface area contributed by atoms with Crippen molar-refractivity contribution < 1.29 is 9.13 Å². The van der Waals surface area contributed by atoms with Gasteiger partial charge in [-0.3, -0.25) is 0 Å². The molecule has 1 fully saturated rings. The first-order chi connectivity index (χ1) is 8.39. The minimum Gasteiger partial charge on any atom is -0.322 e. The smallest absolute Gasteiger partial charge is 0.113 e. The highest BCUT2D eigenvalue weighted by molar-refractivity contribution is 7.72. The molecule has 2 bridgehead atoms. The van der Waals surface area contributed by atoms with Crippen LogP contribution in [0.3, 0.4) is 0 Å². The van der Waals surface area contributed by atoms with Gasteiger partial charge in [-0.2, -0.15) is 0 Å². The zero-order valence-corrected chi connectivity index (χ0v) is 13.4. The Bertz CT molecular complexity index is 558. The van der Waals surface area contributed by atoms with Gasteiger partial charge >= 0.3 is 0 Å². The first-order valence-electron chi connectivity index (χ1n) is 6.93. The van der Waals surface area contributed by atoms with Crippen LogP contribution in [0.15, 0.2) is 23.0 Å². The van der Waals surface area contributed by atoms with Crippen molar-refractivity contribution in [1.82, 2.24) is 0 Å². The summed E-state index contributed by atoms with van der Waals surface area (Å²) in [4.78, 5) is 0. The quantitative estimate of drug-likeness (QED) is 0.557. The Balaban J connectivity index is 2.18. The average molecular weight is 284 g/mol. The number of hydrogen-bond acceptors (Lipinski definition) is 2. The van der Waals surface area contributed by atoms with Crippen LogP contribution in [0, 0.1) is 5.92 Å². The van der Waals surface area contributed by atoms with E-state index in [4.69, 9.17) is 0 Å². The predicted octanol–water partition coefficient (Wildman–Crippen LogP) is 4.37. The zero-order chi connectivity index (χ0) is 13.3. The Labute approximate surface area is 110 Å². The van der Waals surface area contributed by atoms with E-state index < -0.39 is 14.3 Å². The van der Waals surface area contributed by atoms with Gasteiger partial charge in [0.15, 0.2) is 0 Å². The number of hydrogen-bond donors (Lipinski definition) is 0. The molecular formula is C14H22O2P2. The molecule has 1 saturated heterocycles. The van der Waals surface area contributed by atoms with Gasteiger partial charge < -0.3 is 9.13 Å². The molecule has 100 valence electrons. The van der Waals surface area contributed by atoms with Crippen LogP contribution >= 0.6 is 14.3 Å². The van der Waals surface area contributed by atoms with Gasteiger partial charge in [0, 0.05) is 29.1 Å². The lowest BCUT2D eigenvalue weighted by Crippen LogP contribution is -2.28. The van der Waals surface area contributed by atoms with Crippen LogP contribution in [-0.4, -0.2) is 29.3 Å². The van der Waals surface area contributed by atoms with E-state index in [1.807, 2.05) is 19.7 Å². The van der Waals surface area contributed by atoms with E-state index in [9.17, 15) is 9.13 Å². The van der Waals surface area contributed by atoms with Crippen LogP contribution in [0.1, 0.15) is 27.7 Å². The molecule has 0 amide bonds. The Morgan fingerprint density at radius 1 is 1.11 bits per heavy atom. The van der Waals surface area contributed by atoms with Gasteiger partial charge in [-0.05, 0) is 25.8 Å². The molecule has 2 unspecified atom stereocenters. The largest absolute Gasteiger partial charge is 0.322 e. The second-order valence-corrected chi connectivity index (χ2v) is 12.8. The summed E-state index contributed by atoms with van der Waals surface area (Å²) in [5.41, 5.74) is 3.03. The highest BCUT2D eigenvalue weighted by atomic mass is 31.2. The Morgan fingerprint density at radius 2 is 1.78 bits per heavy atom. The fraction of sp³-hybridized carbons (Fsp3) is 0.714. The summed E-state index contributed by atoms with van der Waals surface area (Å²) >= 11 is 0. The summed E-state index contributed by atoms with van der Waals surface area (Å²) in [7, 11) is -4.44. The van der Waals surface area contributed by atoms with Crippen molar-refractivity contribution in [1.29, 1.82) is 0 Å². The summed E-state index contributed by atoms with van der Waals surface area (Å²) in [6.45, 7) is 8.28. The van der Waals surface area contributed by atoms with Crippen LogP contribution in [-0.2, 0) is 9.13 Å². The first-order valence-corrected chi connectivity index (χ1v) is 11.0. The van der Waals surface area contributed by atoms with E-state index in [0.717, 1.165) is 12.3 Å². The monoisotopic (exact) mass is 284 g/mol. The van der Waals surface area contributed by atoms with Crippen LogP contribution in [0.2, 0.25) is 0 Å². The average Bonchev–Trinajstić information content (AvgIpc) is 2.85. The Morgan fingerprint density at radius 3 is 2.33 bits per heavy atom. The maximum absolute atomic E-state index is 13.3. The predicted molar refractivity (Wildman–Crippen MR) is 78.7 cm³/mol. The maximum atomic E-state index is 13.3. The lowest BCUT2D eigenvalue weighted by molar-refractivity contribution is 0.546. The molecule has 6 atom stereocenters. The summed E-state index contributed by atoms with van der Waals surface area (Å²) in [6.07, 6.45) is 3.69. The van der Waals surface area contributed by atoms with Crippen molar-refractivity contribution in [3.8, 4) is 0 Å². The molecule has 18 heavy (non-hydrogen) atoms. The fourth-order valence-electron chi connectivity index (χ4n) is 4.61. The topological polar surface area (TPSA) is 34.1 Å². The highest BCUT2D eigenvalue weighted by Gasteiger charge is 2.66. The third-order valence-electron chi connectivity index (χ3n) is 5.37. The molecule has 0 N–H and O–H groups in total. The molecule has 3 aliphatic heterocycles. The minimum atomic E-state index is -2.25. The van der Waals surface area contributed by atoms with Crippen LogP contribution in [0.25, 0.3) is 0 Å². The van der Waals surface area contributed by atoms with Crippen LogP contribution in [0.4, 0.5) is 0 Å². The van der Waals surface area contributed by atoms with Gasteiger partial charge in [0.1, 0.15) is 14.3 Å². The lowest BCUT2D eigenvalue weighted by Gasteiger charge is -2.27.